The number of nitrogens with zero attached hydrogens (tertiary/aromatic N) is 1. The van der Waals surface area contributed by atoms with Gasteiger partial charge in [-0.3, -0.25) is 14.9 Å². The molecule has 17 heavy (non-hydrogen) atoms. The topological polar surface area (TPSA) is 60.2 Å². The van der Waals surface area contributed by atoms with Crippen LogP contribution in [0.3, 0.4) is 0 Å². The highest BCUT2D eigenvalue weighted by Crippen LogP contribution is 2.18. The Morgan fingerprint density at radius 1 is 1.53 bits per heavy atom. The summed E-state index contributed by atoms with van der Waals surface area (Å²) in [6, 6.07) is 4.89. The van der Waals surface area contributed by atoms with E-state index in [4.69, 9.17) is 0 Å². The van der Waals surface area contributed by atoms with E-state index >= 15 is 0 Å². The molecule has 0 aliphatic rings. The summed E-state index contributed by atoms with van der Waals surface area (Å²) >= 11 is 1.09. The first-order valence-electron chi connectivity index (χ1n) is 4.88. The molecule has 0 saturated heterocycles. The van der Waals surface area contributed by atoms with Crippen LogP contribution in [-0.2, 0) is 4.79 Å². The van der Waals surface area contributed by atoms with Gasteiger partial charge < -0.3 is 0 Å². The van der Waals surface area contributed by atoms with Crippen LogP contribution in [0.2, 0.25) is 0 Å². The molecule has 0 heterocycles. The van der Waals surface area contributed by atoms with E-state index in [1.807, 2.05) is 0 Å². The van der Waals surface area contributed by atoms with Crippen LogP contribution < -0.4 is 0 Å². The summed E-state index contributed by atoms with van der Waals surface area (Å²) in [4.78, 5) is 21.0. The molecule has 88 valence electrons. The Labute approximate surface area is 104 Å². The smallest absolute Gasteiger partial charge is 0.285 e. The van der Waals surface area contributed by atoms with Gasteiger partial charge in [-0.1, -0.05) is 29.7 Å². The highest BCUT2D eigenvalue weighted by atomic mass is 32.2. The van der Waals surface area contributed by atoms with E-state index < -0.39 is 4.92 Å². The van der Waals surface area contributed by atoms with Crippen molar-refractivity contribution < 1.29 is 9.72 Å². The average molecular weight is 249 g/mol. The number of aryl methyl sites for hydroxylation is 1. The zero-order chi connectivity index (χ0) is 12.8. The Balaban J connectivity index is 2.90. The number of benzene rings is 1. The fourth-order valence-electron chi connectivity index (χ4n) is 1.17. The van der Waals surface area contributed by atoms with Crippen LogP contribution in [0.1, 0.15) is 18.1 Å². The van der Waals surface area contributed by atoms with Crippen molar-refractivity contribution in [3.05, 3.63) is 39.4 Å². The first-order chi connectivity index (χ1) is 8.00. The van der Waals surface area contributed by atoms with Gasteiger partial charge in [0.05, 0.1) is 10.7 Å². The largest absolute Gasteiger partial charge is 0.288 e. The molecule has 0 radical (unpaired) electrons. The van der Waals surface area contributed by atoms with Crippen molar-refractivity contribution in [1.82, 2.24) is 0 Å². The van der Waals surface area contributed by atoms with Gasteiger partial charge in [-0.05, 0) is 18.6 Å². The van der Waals surface area contributed by atoms with Crippen molar-refractivity contribution in [2.45, 2.75) is 13.8 Å². The Bertz CT molecular complexity index is 514. The Kier molecular flexibility index (Phi) is 4.73. The molecule has 0 fully saturated rings. The van der Waals surface area contributed by atoms with E-state index in [1.165, 1.54) is 13.0 Å². The Morgan fingerprint density at radius 3 is 2.82 bits per heavy atom. The van der Waals surface area contributed by atoms with Crippen LogP contribution in [0, 0.1) is 28.9 Å². The normalized spacial score (nSPS) is 9.29. The summed E-state index contributed by atoms with van der Waals surface area (Å²) in [6.07, 6.45) is 0. The fraction of sp³-hybridized carbons (Fsp3) is 0.250. The van der Waals surface area contributed by atoms with E-state index in [0.717, 1.165) is 17.3 Å². The SMILES string of the molecule is CC(=O)SCC#Cc1ccc(C)cc1[N+](=O)[O-]. The van der Waals surface area contributed by atoms with Crippen molar-refractivity contribution in [2.75, 3.05) is 5.75 Å². The highest BCUT2D eigenvalue weighted by Gasteiger charge is 2.11. The number of hydrogen-bond donors (Lipinski definition) is 0. The highest BCUT2D eigenvalue weighted by molar-refractivity contribution is 8.13. The summed E-state index contributed by atoms with van der Waals surface area (Å²) < 4.78 is 0. The van der Waals surface area contributed by atoms with Crippen molar-refractivity contribution in [3.63, 3.8) is 0 Å². The second kappa shape index (κ2) is 6.06. The van der Waals surface area contributed by atoms with E-state index in [9.17, 15) is 14.9 Å². The van der Waals surface area contributed by atoms with Gasteiger partial charge in [-0.2, -0.15) is 0 Å². The van der Waals surface area contributed by atoms with Gasteiger partial charge in [0.2, 0.25) is 0 Å². The van der Waals surface area contributed by atoms with Gasteiger partial charge in [-0.15, -0.1) is 0 Å². The lowest BCUT2D eigenvalue weighted by atomic mass is 10.1. The van der Waals surface area contributed by atoms with E-state index in [0.29, 0.717) is 11.3 Å². The van der Waals surface area contributed by atoms with Gasteiger partial charge in [0.25, 0.3) is 5.69 Å². The van der Waals surface area contributed by atoms with Crippen molar-refractivity contribution in [2.24, 2.45) is 0 Å². The van der Waals surface area contributed by atoms with E-state index in [1.54, 1.807) is 19.1 Å². The molecule has 0 saturated carbocycles. The van der Waals surface area contributed by atoms with Crippen LogP contribution >= 0.6 is 11.8 Å². The maximum atomic E-state index is 10.8. The molecule has 0 atom stereocenters. The lowest BCUT2D eigenvalue weighted by molar-refractivity contribution is -0.385. The quantitative estimate of drug-likeness (QED) is 0.459. The number of rotatable bonds is 2. The molecule has 4 nitrogen and oxygen atoms in total. The first-order valence-corrected chi connectivity index (χ1v) is 5.86. The second-order valence-electron chi connectivity index (χ2n) is 3.36. The summed E-state index contributed by atoms with van der Waals surface area (Å²) in [5, 5.41) is 10.8. The zero-order valence-electron chi connectivity index (χ0n) is 9.52. The van der Waals surface area contributed by atoms with Crippen LogP contribution in [0.15, 0.2) is 18.2 Å². The van der Waals surface area contributed by atoms with Gasteiger partial charge in [0.1, 0.15) is 5.56 Å². The molecule has 0 aliphatic carbocycles. The van der Waals surface area contributed by atoms with Gasteiger partial charge in [-0.25, -0.2) is 0 Å². The third-order valence-corrected chi connectivity index (χ3v) is 2.62. The maximum Gasteiger partial charge on any atom is 0.285 e. The average Bonchev–Trinajstić information content (AvgIpc) is 2.25. The molecular formula is C12H11NO3S. The molecule has 0 aliphatic heterocycles. The lowest BCUT2D eigenvalue weighted by Gasteiger charge is -1.96. The summed E-state index contributed by atoms with van der Waals surface area (Å²) in [5.41, 5.74) is 1.20. The molecule has 1 rings (SSSR count). The molecule has 1 aromatic carbocycles. The van der Waals surface area contributed by atoms with E-state index in [-0.39, 0.29) is 10.8 Å². The number of thioether (sulfide) groups is 1. The minimum Gasteiger partial charge on any atom is -0.288 e. The number of hydrogen-bond acceptors (Lipinski definition) is 4. The summed E-state index contributed by atoms with van der Waals surface area (Å²) in [7, 11) is 0. The molecule has 0 spiro atoms. The summed E-state index contributed by atoms with van der Waals surface area (Å²) in [6.45, 7) is 3.25. The maximum absolute atomic E-state index is 10.8. The Hall–Kier alpha value is -1.80. The van der Waals surface area contributed by atoms with Crippen molar-refractivity contribution in [3.8, 4) is 11.8 Å². The molecule has 1 aromatic rings. The standard InChI is InChI=1S/C12H11NO3S/c1-9-5-6-11(12(8-9)13(15)16)4-3-7-17-10(2)14/h5-6,8H,7H2,1-2H3. The number of carbonyl (C=O) groups excluding carboxylic acids is 1. The first kappa shape index (κ1) is 13.3. The van der Waals surface area contributed by atoms with Crippen LogP contribution in [0.4, 0.5) is 5.69 Å². The van der Waals surface area contributed by atoms with Crippen LogP contribution in [0.25, 0.3) is 0 Å². The predicted molar refractivity (Wildman–Crippen MR) is 67.9 cm³/mol. The Morgan fingerprint density at radius 2 is 2.24 bits per heavy atom. The molecule has 0 aromatic heterocycles. The molecule has 0 bridgehead atoms. The monoisotopic (exact) mass is 249 g/mol. The van der Waals surface area contributed by atoms with Crippen molar-refractivity contribution in [1.29, 1.82) is 0 Å². The fourth-order valence-corrected chi connectivity index (χ4v) is 1.52. The minimum atomic E-state index is -0.449. The lowest BCUT2D eigenvalue weighted by Crippen LogP contribution is -1.93. The molecule has 0 N–H and O–H groups in total. The van der Waals surface area contributed by atoms with Crippen molar-refractivity contribution >= 4 is 22.6 Å². The minimum absolute atomic E-state index is 0.00493. The van der Waals surface area contributed by atoms with Gasteiger partial charge in [0, 0.05) is 13.0 Å². The van der Waals surface area contributed by atoms with Gasteiger partial charge in [0.15, 0.2) is 5.12 Å². The van der Waals surface area contributed by atoms with Crippen LogP contribution in [0.5, 0.6) is 0 Å². The molecule has 5 heteroatoms. The summed E-state index contributed by atoms with van der Waals surface area (Å²) in [5.74, 6) is 5.80. The predicted octanol–water partition coefficient (Wildman–Crippen LogP) is 2.53. The van der Waals surface area contributed by atoms with Gasteiger partial charge >= 0.3 is 0 Å². The van der Waals surface area contributed by atoms with Crippen LogP contribution in [-0.4, -0.2) is 15.8 Å². The zero-order valence-corrected chi connectivity index (χ0v) is 10.3. The third-order valence-electron chi connectivity index (χ3n) is 1.92. The number of carbonyl (C=O) groups is 1. The molecule has 0 unspecified atom stereocenters. The molecule has 0 amide bonds. The molecular weight excluding hydrogens is 238 g/mol. The number of nitro benzene ring substituents is 1. The third kappa shape index (κ3) is 4.29. The van der Waals surface area contributed by atoms with E-state index in [2.05, 4.69) is 11.8 Å². The second-order valence-corrected chi connectivity index (χ2v) is 4.51. The number of nitro groups is 1.